The number of carboxylic acid groups (broad SMARTS) is 1. The third-order valence-corrected chi connectivity index (χ3v) is 1.91. The number of carbonyl (C=O) groups is 1. The summed E-state index contributed by atoms with van der Waals surface area (Å²) in [6.07, 6.45) is -1.57. The second-order valence-electron chi connectivity index (χ2n) is 2.98. The summed E-state index contributed by atoms with van der Waals surface area (Å²) >= 11 is 0. The summed E-state index contributed by atoms with van der Waals surface area (Å²) in [4.78, 5) is 10.4. The van der Waals surface area contributed by atoms with E-state index in [1.165, 1.54) is 0 Å². The van der Waals surface area contributed by atoms with Crippen LogP contribution in [0.15, 0.2) is 18.2 Å². The Kier molecular flexibility index (Phi) is 3.33. The predicted octanol–water partition coefficient (Wildman–Crippen LogP) is 0.410. The Morgan fingerprint density at radius 1 is 1.33 bits per heavy atom. The molecule has 0 spiro atoms. The van der Waals surface area contributed by atoms with Crippen molar-refractivity contribution in [1.82, 2.24) is 0 Å². The number of hydrogen-bond donors (Lipinski definition) is 3. The first kappa shape index (κ1) is 11.5. The summed E-state index contributed by atoms with van der Waals surface area (Å²) in [5.41, 5.74) is 5.03. The average molecular weight is 217 g/mol. The van der Waals surface area contributed by atoms with E-state index in [-0.39, 0.29) is 5.56 Å². The number of halogens is 2. The number of rotatable bonds is 3. The molecule has 0 amide bonds. The molecule has 1 aromatic rings. The molecule has 0 radical (unpaired) electrons. The summed E-state index contributed by atoms with van der Waals surface area (Å²) in [5, 5.41) is 17.9. The number of carboxylic acids is 1. The minimum absolute atomic E-state index is 0.0798. The molecular weight excluding hydrogens is 208 g/mol. The lowest BCUT2D eigenvalue weighted by molar-refractivity contribution is -0.141. The molecule has 2 atom stereocenters. The van der Waals surface area contributed by atoms with Gasteiger partial charge in [-0.05, 0) is 17.7 Å². The smallest absolute Gasteiger partial charge is 0.323 e. The molecule has 15 heavy (non-hydrogen) atoms. The molecule has 0 heterocycles. The minimum Gasteiger partial charge on any atom is -0.480 e. The van der Waals surface area contributed by atoms with Gasteiger partial charge in [0, 0.05) is 0 Å². The monoisotopic (exact) mass is 217 g/mol. The van der Waals surface area contributed by atoms with Gasteiger partial charge in [-0.1, -0.05) is 6.07 Å². The molecule has 6 heteroatoms. The van der Waals surface area contributed by atoms with Crippen LogP contribution in [0.25, 0.3) is 0 Å². The van der Waals surface area contributed by atoms with Gasteiger partial charge < -0.3 is 15.9 Å². The van der Waals surface area contributed by atoms with Crippen LogP contribution in [0.2, 0.25) is 0 Å². The maximum Gasteiger partial charge on any atom is 0.323 e. The summed E-state index contributed by atoms with van der Waals surface area (Å²) in [6.45, 7) is 0. The van der Waals surface area contributed by atoms with E-state index >= 15 is 0 Å². The Morgan fingerprint density at radius 2 is 1.93 bits per heavy atom. The second kappa shape index (κ2) is 4.33. The second-order valence-corrected chi connectivity index (χ2v) is 2.98. The number of aliphatic hydroxyl groups excluding tert-OH is 1. The standard InChI is InChI=1S/C9H9F2NO3/c10-5-2-1-4(3-6(5)11)8(13)7(12)9(14)15/h1-3,7-8,13H,12H2,(H,14,15). The van der Waals surface area contributed by atoms with Gasteiger partial charge in [-0.2, -0.15) is 0 Å². The molecule has 0 fully saturated rings. The Bertz CT molecular complexity index is 384. The molecule has 82 valence electrons. The van der Waals surface area contributed by atoms with Crippen molar-refractivity contribution < 1.29 is 23.8 Å². The number of aliphatic hydroxyl groups is 1. The Morgan fingerprint density at radius 3 is 2.40 bits per heavy atom. The van der Waals surface area contributed by atoms with E-state index in [4.69, 9.17) is 10.8 Å². The topological polar surface area (TPSA) is 83.6 Å². The van der Waals surface area contributed by atoms with E-state index in [0.717, 1.165) is 12.1 Å². The zero-order valence-corrected chi connectivity index (χ0v) is 7.52. The lowest BCUT2D eigenvalue weighted by Gasteiger charge is -2.15. The number of hydrogen-bond acceptors (Lipinski definition) is 3. The van der Waals surface area contributed by atoms with E-state index in [2.05, 4.69) is 0 Å². The predicted molar refractivity (Wildman–Crippen MR) is 46.9 cm³/mol. The summed E-state index contributed by atoms with van der Waals surface area (Å²) < 4.78 is 25.2. The van der Waals surface area contributed by atoms with Gasteiger partial charge in [-0.3, -0.25) is 4.79 Å². The van der Waals surface area contributed by atoms with Crippen molar-refractivity contribution in [2.24, 2.45) is 5.73 Å². The molecule has 0 aliphatic heterocycles. The van der Waals surface area contributed by atoms with Crippen LogP contribution >= 0.6 is 0 Å². The fraction of sp³-hybridized carbons (Fsp3) is 0.222. The SMILES string of the molecule is NC(C(=O)O)C(O)c1ccc(F)c(F)c1. The van der Waals surface area contributed by atoms with Crippen LogP contribution in [0.5, 0.6) is 0 Å². The highest BCUT2D eigenvalue weighted by Gasteiger charge is 2.24. The molecule has 2 unspecified atom stereocenters. The molecule has 4 nitrogen and oxygen atoms in total. The first-order chi connectivity index (χ1) is 6.93. The van der Waals surface area contributed by atoms with Gasteiger partial charge in [0.25, 0.3) is 0 Å². The van der Waals surface area contributed by atoms with Crippen LogP contribution < -0.4 is 5.73 Å². The maximum atomic E-state index is 12.7. The summed E-state index contributed by atoms with van der Waals surface area (Å²) in [6, 6.07) is 1.01. The van der Waals surface area contributed by atoms with Crippen LogP contribution in [0.4, 0.5) is 8.78 Å². The van der Waals surface area contributed by atoms with Crippen LogP contribution in [-0.4, -0.2) is 22.2 Å². The van der Waals surface area contributed by atoms with E-state index < -0.39 is 29.7 Å². The Hall–Kier alpha value is -1.53. The molecule has 0 aliphatic carbocycles. The zero-order chi connectivity index (χ0) is 11.6. The fourth-order valence-electron chi connectivity index (χ4n) is 1.04. The lowest BCUT2D eigenvalue weighted by atomic mass is 10.0. The third kappa shape index (κ3) is 2.48. The van der Waals surface area contributed by atoms with Gasteiger partial charge in [-0.25, -0.2) is 8.78 Å². The van der Waals surface area contributed by atoms with Gasteiger partial charge in [0.15, 0.2) is 11.6 Å². The van der Waals surface area contributed by atoms with Crippen molar-refractivity contribution in [3.05, 3.63) is 35.4 Å². The molecule has 0 aromatic heterocycles. The van der Waals surface area contributed by atoms with Crippen molar-refractivity contribution in [2.45, 2.75) is 12.1 Å². The molecule has 0 bridgehead atoms. The number of nitrogens with two attached hydrogens (primary N) is 1. The number of benzene rings is 1. The zero-order valence-electron chi connectivity index (χ0n) is 7.52. The normalized spacial score (nSPS) is 14.7. The Balaban J connectivity index is 2.96. The average Bonchev–Trinajstić information content (AvgIpc) is 2.19. The first-order valence-electron chi connectivity index (χ1n) is 4.05. The minimum atomic E-state index is -1.57. The summed E-state index contributed by atoms with van der Waals surface area (Å²) in [5.74, 6) is -3.66. The van der Waals surface area contributed by atoms with Crippen molar-refractivity contribution in [3.63, 3.8) is 0 Å². The molecule has 1 rings (SSSR count). The van der Waals surface area contributed by atoms with Crippen molar-refractivity contribution in [3.8, 4) is 0 Å². The maximum absolute atomic E-state index is 12.7. The van der Waals surface area contributed by atoms with Crippen molar-refractivity contribution >= 4 is 5.97 Å². The van der Waals surface area contributed by atoms with Crippen LogP contribution in [-0.2, 0) is 4.79 Å². The molecular formula is C9H9F2NO3. The van der Waals surface area contributed by atoms with Crippen LogP contribution in [0.1, 0.15) is 11.7 Å². The largest absolute Gasteiger partial charge is 0.480 e. The molecule has 1 aromatic carbocycles. The summed E-state index contributed by atoms with van der Waals surface area (Å²) in [7, 11) is 0. The highest BCUT2D eigenvalue weighted by molar-refractivity contribution is 5.74. The van der Waals surface area contributed by atoms with Crippen molar-refractivity contribution in [1.29, 1.82) is 0 Å². The first-order valence-corrected chi connectivity index (χ1v) is 4.05. The van der Waals surface area contributed by atoms with E-state index in [0.29, 0.717) is 6.07 Å². The van der Waals surface area contributed by atoms with Crippen LogP contribution in [0, 0.1) is 11.6 Å². The molecule has 0 saturated carbocycles. The molecule has 0 saturated heterocycles. The van der Waals surface area contributed by atoms with Gasteiger partial charge in [-0.15, -0.1) is 0 Å². The highest BCUT2D eigenvalue weighted by atomic mass is 19.2. The lowest BCUT2D eigenvalue weighted by Crippen LogP contribution is -2.36. The fourth-order valence-corrected chi connectivity index (χ4v) is 1.04. The van der Waals surface area contributed by atoms with Crippen LogP contribution in [0.3, 0.4) is 0 Å². The van der Waals surface area contributed by atoms with E-state index in [1.54, 1.807) is 0 Å². The van der Waals surface area contributed by atoms with Gasteiger partial charge in [0.1, 0.15) is 12.1 Å². The number of aliphatic carboxylic acids is 1. The van der Waals surface area contributed by atoms with Gasteiger partial charge in [0.05, 0.1) is 0 Å². The van der Waals surface area contributed by atoms with Gasteiger partial charge in [0.2, 0.25) is 0 Å². The van der Waals surface area contributed by atoms with Crippen molar-refractivity contribution in [2.75, 3.05) is 0 Å². The third-order valence-electron chi connectivity index (χ3n) is 1.91. The Labute approximate surface area is 83.9 Å². The van der Waals surface area contributed by atoms with E-state index in [1.807, 2.05) is 0 Å². The highest BCUT2D eigenvalue weighted by Crippen LogP contribution is 2.18. The molecule has 0 aliphatic rings. The quantitative estimate of drug-likeness (QED) is 0.684. The van der Waals surface area contributed by atoms with E-state index in [9.17, 15) is 18.7 Å². The molecule has 4 N–H and O–H groups in total. The van der Waals surface area contributed by atoms with Gasteiger partial charge >= 0.3 is 5.97 Å².